The molecule has 128 valence electrons. The number of amides is 2. The van der Waals surface area contributed by atoms with Crippen LogP contribution >= 0.6 is 0 Å². The summed E-state index contributed by atoms with van der Waals surface area (Å²) < 4.78 is 22.5. The van der Waals surface area contributed by atoms with Crippen LogP contribution < -0.4 is 21.6 Å². The van der Waals surface area contributed by atoms with E-state index in [1.807, 2.05) is 0 Å². The highest BCUT2D eigenvalue weighted by Crippen LogP contribution is 2.27. The fourth-order valence-corrected chi connectivity index (χ4v) is 2.87. The van der Waals surface area contributed by atoms with Crippen LogP contribution in [0.2, 0.25) is 0 Å². The molecule has 2 aromatic carbocycles. The molecule has 0 saturated carbocycles. The van der Waals surface area contributed by atoms with Gasteiger partial charge in [-0.3, -0.25) is 15.0 Å². The predicted molar refractivity (Wildman–Crippen MR) is 91.6 cm³/mol. The van der Waals surface area contributed by atoms with E-state index in [1.54, 1.807) is 12.1 Å². The fraction of sp³-hybridized carbons (Fsp3) is 0. The fourth-order valence-electron chi connectivity index (χ4n) is 2.36. The van der Waals surface area contributed by atoms with E-state index < -0.39 is 21.8 Å². The maximum absolute atomic E-state index is 12.1. The summed E-state index contributed by atoms with van der Waals surface area (Å²) in [6.45, 7) is 0. The molecule has 3 rings (SSSR count). The van der Waals surface area contributed by atoms with Crippen LogP contribution in [0.5, 0.6) is 0 Å². The van der Waals surface area contributed by atoms with E-state index in [0.717, 1.165) is 0 Å². The molecule has 1 heterocycles. The lowest BCUT2D eigenvalue weighted by Gasteiger charge is -2.05. The summed E-state index contributed by atoms with van der Waals surface area (Å²) in [6.07, 6.45) is 0. The molecule has 0 aliphatic carbocycles. The Morgan fingerprint density at radius 2 is 1.80 bits per heavy atom. The lowest BCUT2D eigenvalue weighted by atomic mass is 10.0. The molecule has 0 spiro atoms. The minimum Gasteiger partial charge on any atom is -0.366 e. The second kappa shape index (κ2) is 6.00. The van der Waals surface area contributed by atoms with Crippen molar-refractivity contribution < 1.29 is 18.0 Å². The summed E-state index contributed by atoms with van der Waals surface area (Å²) in [4.78, 5) is 23.6. The van der Waals surface area contributed by atoms with E-state index in [2.05, 4.69) is 15.8 Å². The van der Waals surface area contributed by atoms with E-state index in [9.17, 15) is 18.0 Å². The van der Waals surface area contributed by atoms with Gasteiger partial charge < -0.3 is 11.1 Å². The van der Waals surface area contributed by atoms with Gasteiger partial charge in [-0.2, -0.15) is 5.10 Å². The second-order valence-corrected chi connectivity index (χ2v) is 6.75. The number of primary sulfonamides is 1. The average Bonchev–Trinajstić information content (AvgIpc) is 2.87. The van der Waals surface area contributed by atoms with Crippen molar-refractivity contribution in [2.24, 2.45) is 16.0 Å². The Morgan fingerprint density at radius 3 is 2.40 bits per heavy atom. The van der Waals surface area contributed by atoms with Gasteiger partial charge in [0.25, 0.3) is 5.91 Å². The van der Waals surface area contributed by atoms with Crippen LogP contribution in [0.15, 0.2) is 52.5 Å². The number of nitrogens with one attached hydrogen (secondary N) is 2. The molecule has 10 heteroatoms. The topological polar surface area (TPSA) is 157 Å². The van der Waals surface area contributed by atoms with Crippen LogP contribution in [0.1, 0.15) is 15.9 Å². The van der Waals surface area contributed by atoms with E-state index >= 15 is 0 Å². The normalized spacial score (nSPS) is 14.9. The lowest BCUT2D eigenvalue weighted by Crippen LogP contribution is -2.19. The molecule has 2 aromatic rings. The molecule has 0 fully saturated rings. The Balaban J connectivity index is 1.93. The van der Waals surface area contributed by atoms with Gasteiger partial charge in [-0.1, -0.05) is 6.07 Å². The molecule has 9 nitrogen and oxygen atoms in total. The molecule has 0 aromatic heterocycles. The largest absolute Gasteiger partial charge is 0.366 e. The highest BCUT2D eigenvalue weighted by molar-refractivity contribution is 7.89. The van der Waals surface area contributed by atoms with Gasteiger partial charge in [0.1, 0.15) is 0 Å². The van der Waals surface area contributed by atoms with Gasteiger partial charge in [-0.25, -0.2) is 13.6 Å². The van der Waals surface area contributed by atoms with Crippen LogP contribution in [-0.4, -0.2) is 25.9 Å². The summed E-state index contributed by atoms with van der Waals surface area (Å²) >= 11 is 0. The number of rotatable bonds is 4. The summed E-state index contributed by atoms with van der Waals surface area (Å²) in [5.74, 6) is -1.17. The number of benzene rings is 2. The summed E-state index contributed by atoms with van der Waals surface area (Å²) in [7, 11) is -3.79. The first kappa shape index (κ1) is 16.6. The molecular weight excluding hydrogens is 346 g/mol. The first-order chi connectivity index (χ1) is 11.8. The third kappa shape index (κ3) is 3.20. The Bertz CT molecular complexity index is 1010. The van der Waals surface area contributed by atoms with Gasteiger partial charge in [-0.05, 0) is 36.4 Å². The van der Waals surface area contributed by atoms with Gasteiger partial charge in [0.2, 0.25) is 15.9 Å². The van der Waals surface area contributed by atoms with Crippen LogP contribution in [0.3, 0.4) is 0 Å². The summed E-state index contributed by atoms with van der Waals surface area (Å²) in [5, 5.41) is 11.6. The number of carbonyl (C=O) groups is 2. The standard InChI is InChI=1S/C15H13N5O4S/c16-14(21)10-2-1-3-11-12(10)13(15(22)18-11)20-19-8-4-6-9(7-5-8)25(17,23)24/h1-7,19H,(H2,16,21)(H2,17,23,24)(H,18,20,22). The number of hydrogen-bond donors (Lipinski definition) is 4. The number of anilines is 2. The molecule has 6 N–H and O–H groups in total. The van der Waals surface area contributed by atoms with Crippen molar-refractivity contribution in [3.8, 4) is 0 Å². The van der Waals surface area contributed by atoms with E-state index in [-0.39, 0.29) is 16.2 Å². The van der Waals surface area contributed by atoms with Crippen LogP contribution in [0.4, 0.5) is 11.4 Å². The Morgan fingerprint density at radius 1 is 1.12 bits per heavy atom. The van der Waals surface area contributed by atoms with Crippen molar-refractivity contribution in [2.75, 3.05) is 10.7 Å². The second-order valence-electron chi connectivity index (χ2n) is 5.19. The number of fused-ring (bicyclic) bond motifs is 1. The Kier molecular flexibility index (Phi) is 3.99. The summed E-state index contributed by atoms with van der Waals surface area (Å²) in [5.41, 5.74) is 9.33. The van der Waals surface area contributed by atoms with E-state index in [1.165, 1.54) is 30.3 Å². The molecule has 0 unspecified atom stereocenters. The van der Waals surface area contributed by atoms with Gasteiger partial charge >= 0.3 is 0 Å². The van der Waals surface area contributed by atoms with Gasteiger partial charge in [0.05, 0.1) is 21.8 Å². The molecule has 25 heavy (non-hydrogen) atoms. The van der Waals surface area contributed by atoms with Gasteiger partial charge in [-0.15, -0.1) is 0 Å². The maximum atomic E-state index is 12.1. The summed E-state index contributed by atoms with van der Waals surface area (Å²) in [6, 6.07) is 10.2. The van der Waals surface area contributed by atoms with Crippen molar-refractivity contribution in [2.45, 2.75) is 4.90 Å². The molecule has 0 radical (unpaired) electrons. The van der Waals surface area contributed by atoms with Crippen molar-refractivity contribution in [1.82, 2.24) is 0 Å². The van der Waals surface area contributed by atoms with E-state index in [0.29, 0.717) is 16.9 Å². The SMILES string of the molecule is NC(=O)c1cccc2c1/C(=N/Nc1ccc(S(N)(=O)=O)cc1)C(=O)N2. The highest BCUT2D eigenvalue weighted by atomic mass is 32.2. The minimum absolute atomic E-state index is 0.0000714. The first-order valence-electron chi connectivity index (χ1n) is 6.98. The zero-order valence-electron chi connectivity index (χ0n) is 12.7. The molecule has 1 aliphatic rings. The van der Waals surface area contributed by atoms with E-state index in [4.69, 9.17) is 10.9 Å². The number of hydrogen-bond acceptors (Lipinski definition) is 6. The molecular formula is C15H13N5O4S. The molecule has 2 amide bonds. The smallest absolute Gasteiger partial charge is 0.276 e. The maximum Gasteiger partial charge on any atom is 0.276 e. The highest BCUT2D eigenvalue weighted by Gasteiger charge is 2.30. The predicted octanol–water partition coefficient (Wildman–Crippen LogP) is 0.201. The number of hydrazone groups is 1. The lowest BCUT2D eigenvalue weighted by molar-refractivity contribution is -0.110. The molecule has 0 bridgehead atoms. The number of sulfonamides is 1. The number of carbonyl (C=O) groups excluding carboxylic acids is 2. The van der Waals surface area contributed by atoms with Gasteiger partial charge in [0, 0.05) is 5.56 Å². The Labute approximate surface area is 142 Å². The minimum atomic E-state index is -3.79. The zero-order valence-corrected chi connectivity index (χ0v) is 13.5. The van der Waals surface area contributed by atoms with Crippen molar-refractivity contribution in [3.63, 3.8) is 0 Å². The Hall–Kier alpha value is -3.24. The number of primary amides is 1. The quantitative estimate of drug-likeness (QED) is 0.574. The molecule has 1 aliphatic heterocycles. The van der Waals surface area contributed by atoms with Crippen LogP contribution in [0, 0.1) is 0 Å². The average molecular weight is 359 g/mol. The zero-order chi connectivity index (χ0) is 18.2. The van der Waals surface area contributed by atoms with Crippen LogP contribution in [-0.2, 0) is 14.8 Å². The molecule has 0 saturated heterocycles. The van der Waals surface area contributed by atoms with Crippen molar-refractivity contribution in [1.29, 1.82) is 0 Å². The van der Waals surface area contributed by atoms with Crippen LogP contribution in [0.25, 0.3) is 0 Å². The van der Waals surface area contributed by atoms with Crippen molar-refractivity contribution in [3.05, 3.63) is 53.6 Å². The monoisotopic (exact) mass is 359 g/mol. The third-order valence-corrected chi connectivity index (χ3v) is 4.44. The van der Waals surface area contributed by atoms with Gasteiger partial charge in [0.15, 0.2) is 5.71 Å². The number of nitrogens with two attached hydrogens (primary N) is 2. The first-order valence-corrected chi connectivity index (χ1v) is 8.53. The number of nitrogens with zero attached hydrogens (tertiary/aromatic N) is 1. The van der Waals surface area contributed by atoms with Crippen molar-refractivity contribution >= 4 is 38.9 Å². The third-order valence-electron chi connectivity index (χ3n) is 3.51. The molecule has 0 atom stereocenters.